The monoisotopic (exact) mass is 317 g/mol. The van der Waals surface area contributed by atoms with Crippen LogP contribution in [0.3, 0.4) is 0 Å². The first-order valence-corrected chi connectivity index (χ1v) is 7.32. The number of carbonyl (C=O) groups is 1. The summed E-state index contributed by atoms with van der Waals surface area (Å²) >= 11 is 5.14. The molecule has 0 atom stereocenters. The Kier molecular flexibility index (Phi) is 3.90. The quantitative estimate of drug-likeness (QED) is 0.926. The minimum atomic E-state index is -0.658. The maximum Gasteiger partial charge on any atom is 0.222 e. The molecule has 5 heteroatoms. The van der Waals surface area contributed by atoms with Crippen LogP contribution in [0, 0.1) is 0 Å². The van der Waals surface area contributed by atoms with Crippen molar-refractivity contribution in [2.75, 3.05) is 13.1 Å². The van der Waals surface area contributed by atoms with Crippen molar-refractivity contribution in [1.29, 1.82) is 0 Å². The molecule has 3 nitrogen and oxygen atoms in total. The fourth-order valence-corrected chi connectivity index (χ4v) is 3.54. The first-order chi connectivity index (χ1) is 7.96. The molecule has 0 radical (unpaired) electrons. The minimum absolute atomic E-state index is 0.159. The number of halogens is 1. The highest BCUT2D eigenvalue weighted by Gasteiger charge is 2.38. The highest BCUT2D eigenvalue weighted by Crippen LogP contribution is 2.24. The lowest BCUT2D eigenvalue weighted by atomic mass is 9.96. The predicted octanol–water partition coefficient (Wildman–Crippen LogP) is 2.43. The molecular formula is C12H16BrNO2S. The predicted molar refractivity (Wildman–Crippen MR) is 72.2 cm³/mol. The third kappa shape index (κ3) is 3.53. The highest BCUT2D eigenvalue weighted by atomic mass is 79.9. The Morgan fingerprint density at radius 1 is 1.59 bits per heavy atom. The number of amides is 1. The molecule has 2 heterocycles. The molecule has 94 valence electrons. The number of hydrogen-bond acceptors (Lipinski definition) is 3. The standard InChI is InChI=1S/C12H16BrNO2S/c1-12(16)7-14(8-12)11(15)4-2-3-9-5-6-10(13)17-9/h5-6,16H,2-4,7-8H2,1H3. The van der Waals surface area contributed by atoms with Crippen LogP contribution in [0.15, 0.2) is 15.9 Å². The normalized spacial score (nSPS) is 17.9. The zero-order valence-electron chi connectivity index (χ0n) is 9.78. The molecule has 1 aliphatic rings. The van der Waals surface area contributed by atoms with Crippen LogP contribution in [0.2, 0.25) is 0 Å². The van der Waals surface area contributed by atoms with E-state index in [4.69, 9.17) is 0 Å². The molecule has 0 aromatic carbocycles. The van der Waals surface area contributed by atoms with Crippen LogP contribution in [0.25, 0.3) is 0 Å². The van der Waals surface area contributed by atoms with Gasteiger partial charge in [0.25, 0.3) is 0 Å². The molecule has 2 rings (SSSR count). The van der Waals surface area contributed by atoms with Gasteiger partial charge in [0.2, 0.25) is 5.91 Å². The van der Waals surface area contributed by atoms with Crippen molar-refractivity contribution in [3.05, 3.63) is 20.8 Å². The van der Waals surface area contributed by atoms with E-state index in [-0.39, 0.29) is 5.91 Å². The van der Waals surface area contributed by atoms with E-state index in [1.165, 1.54) is 4.88 Å². The number of likely N-dealkylation sites (tertiary alicyclic amines) is 1. The lowest BCUT2D eigenvalue weighted by molar-refractivity contribution is -0.152. The van der Waals surface area contributed by atoms with E-state index < -0.39 is 5.60 Å². The van der Waals surface area contributed by atoms with Crippen LogP contribution in [0.1, 0.15) is 24.6 Å². The number of β-amino-alcohol motifs (C(OH)–C–C–N with tert-alkyl or cyclic N) is 1. The van der Waals surface area contributed by atoms with E-state index in [0.29, 0.717) is 19.5 Å². The van der Waals surface area contributed by atoms with E-state index in [1.807, 2.05) is 6.07 Å². The van der Waals surface area contributed by atoms with Crippen molar-refractivity contribution in [3.63, 3.8) is 0 Å². The van der Waals surface area contributed by atoms with Crippen LogP contribution in [-0.2, 0) is 11.2 Å². The average Bonchev–Trinajstić information content (AvgIpc) is 2.60. The topological polar surface area (TPSA) is 40.5 Å². The zero-order valence-corrected chi connectivity index (χ0v) is 12.2. The second-order valence-corrected chi connectivity index (χ2v) is 7.35. The number of hydrogen-bond donors (Lipinski definition) is 1. The van der Waals surface area contributed by atoms with Crippen molar-refractivity contribution in [2.45, 2.75) is 31.8 Å². The lowest BCUT2D eigenvalue weighted by Gasteiger charge is -2.44. The first-order valence-electron chi connectivity index (χ1n) is 5.71. The van der Waals surface area contributed by atoms with Crippen LogP contribution in [0.5, 0.6) is 0 Å². The molecular weight excluding hydrogens is 302 g/mol. The summed E-state index contributed by atoms with van der Waals surface area (Å²) in [6.45, 7) is 2.73. The summed E-state index contributed by atoms with van der Waals surface area (Å²) in [5.74, 6) is 0.159. The van der Waals surface area contributed by atoms with Crippen molar-refractivity contribution < 1.29 is 9.90 Å². The largest absolute Gasteiger partial charge is 0.386 e. The molecule has 0 aliphatic carbocycles. The molecule has 1 N–H and O–H groups in total. The van der Waals surface area contributed by atoms with Crippen molar-refractivity contribution in [2.24, 2.45) is 0 Å². The van der Waals surface area contributed by atoms with E-state index in [2.05, 4.69) is 22.0 Å². The fraction of sp³-hybridized carbons (Fsp3) is 0.583. The molecule has 0 spiro atoms. The lowest BCUT2D eigenvalue weighted by Crippen LogP contribution is -2.61. The molecule has 1 aromatic rings. The van der Waals surface area contributed by atoms with E-state index in [1.54, 1.807) is 23.2 Å². The van der Waals surface area contributed by atoms with Crippen LogP contribution in [-0.4, -0.2) is 34.6 Å². The number of thiophene rings is 1. The summed E-state index contributed by atoms with van der Waals surface area (Å²) < 4.78 is 1.14. The minimum Gasteiger partial charge on any atom is -0.386 e. The number of carbonyl (C=O) groups excluding carboxylic acids is 1. The number of nitrogens with zero attached hydrogens (tertiary/aromatic N) is 1. The number of aliphatic hydroxyl groups is 1. The van der Waals surface area contributed by atoms with Gasteiger partial charge >= 0.3 is 0 Å². The Morgan fingerprint density at radius 2 is 2.29 bits per heavy atom. The molecule has 0 bridgehead atoms. The van der Waals surface area contributed by atoms with Gasteiger partial charge in [-0.3, -0.25) is 4.79 Å². The second-order valence-electron chi connectivity index (χ2n) is 4.81. The van der Waals surface area contributed by atoms with Gasteiger partial charge in [0.05, 0.1) is 22.5 Å². The van der Waals surface area contributed by atoms with Crippen LogP contribution < -0.4 is 0 Å². The van der Waals surface area contributed by atoms with Crippen molar-refractivity contribution in [3.8, 4) is 0 Å². The molecule has 1 amide bonds. The summed E-state index contributed by atoms with van der Waals surface area (Å²) in [5, 5.41) is 9.54. The van der Waals surface area contributed by atoms with Crippen LogP contribution in [0.4, 0.5) is 0 Å². The number of rotatable bonds is 4. The van der Waals surface area contributed by atoms with Crippen LogP contribution >= 0.6 is 27.3 Å². The zero-order chi connectivity index (χ0) is 12.5. The average molecular weight is 318 g/mol. The maximum atomic E-state index is 11.7. The van der Waals surface area contributed by atoms with Gasteiger partial charge in [0, 0.05) is 11.3 Å². The van der Waals surface area contributed by atoms with Gasteiger partial charge in [-0.15, -0.1) is 11.3 Å². The van der Waals surface area contributed by atoms with Crippen molar-refractivity contribution >= 4 is 33.2 Å². The summed E-state index contributed by atoms with van der Waals surface area (Å²) in [4.78, 5) is 14.7. The van der Waals surface area contributed by atoms with Gasteiger partial charge in [0.15, 0.2) is 0 Å². The fourth-order valence-electron chi connectivity index (χ4n) is 2.01. The van der Waals surface area contributed by atoms with Gasteiger partial charge < -0.3 is 10.0 Å². The van der Waals surface area contributed by atoms with Gasteiger partial charge in [-0.2, -0.15) is 0 Å². The van der Waals surface area contributed by atoms with Crippen molar-refractivity contribution in [1.82, 2.24) is 4.90 Å². The summed E-state index contributed by atoms with van der Waals surface area (Å²) in [7, 11) is 0. The van der Waals surface area contributed by atoms with E-state index in [0.717, 1.165) is 16.6 Å². The number of aryl methyl sites for hydroxylation is 1. The third-order valence-electron chi connectivity index (χ3n) is 2.86. The second kappa shape index (κ2) is 5.08. The molecule has 0 unspecified atom stereocenters. The van der Waals surface area contributed by atoms with E-state index in [9.17, 15) is 9.90 Å². The Hall–Kier alpha value is -0.390. The molecule has 1 aliphatic heterocycles. The summed E-state index contributed by atoms with van der Waals surface area (Å²) in [6, 6.07) is 4.13. The highest BCUT2D eigenvalue weighted by molar-refractivity contribution is 9.11. The first kappa shape index (κ1) is 13.1. The Balaban J connectivity index is 1.67. The molecule has 0 saturated carbocycles. The summed E-state index contributed by atoms with van der Waals surface area (Å²) in [6.07, 6.45) is 2.41. The smallest absolute Gasteiger partial charge is 0.222 e. The summed E-state index contributed by atoms with van der Waals surface area (Å²) in [5.41, 5.74) is -0.658. The van der Waals surface area contributed by atoms with Gasteiger partial charge in [-0.05, 0) is 47.8 Å². The molecule has 1 saturated heterocycles. The third-order valence-corrected chi connectivity index (χ3v) is 4.54. The van der Waals surface area contributed by atoms with E-state index >= 15 is 0 Å². The van der Waals surface area contributed by atoms with Gasteiger partial charge in [0.1, 0.15) is 0 Å². The Labute approximate surface area is 114 Å². The Morgan fingerprint density at radius 3 is 2.82 bits per heavy atom. The van der Waals surface area contributed by atoms with Gasteiger partial charge in [-0.1, -0.05) is 0 Å². The Bertz CT molecular complexity index is 408. The van der Waals surface area contributed by atoms with Gasteiger partial charge in [-0.25, -0.2) is 0 Å². The molecule has 1 fully saturated rings. The maximum absolute atomic E-state index is 11.7. The molecule has 17 heavy (non-hydrogen) atoms. The molecule has 1 aromatic heterocycles. The SMILES string of the molecule is CC1(O)CN(C(=O)CCCc2ccc(Br)s2)C1.